The molecule has 136 valence electrons. The fourth-order valence-electron chi connectivity index (χ4n) is 2.21. The maximum absolute atomic E-state index is 12.0. The SMILES string of the molecule is C#CCNC(=O)COC(=O)c1ccc(CSc2nc3ccccc3s2)cc1. The molecule has 0 bridgehead atoms. The van der Waals surface area contributed by atoms with Crippen LogP contribution >= 0.6 is 23.1 Å². The van der Waals surface area contributed by atoms with E-state index in [1.165, 1.54) is 4.70 Å². The highest BCUT2D eigenvalue weighted by Gasteiger charge is 2.10. The Morgan fingerprint density at radius 1 is 1.19 bits per heavy atom. The van der Waals surface area contributed by atoms with Crippen molar-refractivity contribution in [3.8, 4) is 12.3 Å². The first-order valence-electron chi connectivity index (χ1n) is 8.10. The molecule has 27 heavy (non-hydrogen) atoms. The minimum Gasteiger partial charge on any atom is -0.452 e. The molecule has 0 atom stereocenters. The first-order chi connectivity index (χ1) is 13.2. The average Bonchev–Trinajstić information content (AvgIpc) is 3.12. The molecule has 3 rings (SSSR count). The van der Waals surface area contributed by atoms with Gasteiger partial charge in [0.05, 0.1) is 22.3 Å². The summed E-state index contributed by atoms with van der Waals surface area (Å²) in [7, 11) is 0. The van der Waals surface area contributed by atoms with Gasteiger partial charge in [-0.05, 0) is 29.8 Å². The number of carbonyl (C=O) groups excluding carboxylic acids is 2. The number of para-hydroxylation sites is 1. The van der Waals surface area contributed by atoms with Crippen LogP contribution in [0, 0.1) is 12.3 Å². The highest BCUT2D eigenvalue weighted by molar-refractivity contribution is 8.00. The van der Waals surface area contributed by atoms with Crippen molar-refractivity contribution >= 4 is 45.2 Å². The minimum absolute atomic E-state index is 0.109. The molecule has 1 amide bonds. The largest absolute Gasteiger partial charge is 0.452 e. The number of ether oxygens (including phenoxy) is 1. The summed E-state index contributed by atoms with van der Waals surface area (Å²) < 4.78 is 7.14. The molecule has 0 saturated carbocycles. The van der Waals surface area contributed by atoms with E-state index >= 15 is 0 Å². The van der Waals surface area contributed by atoms with Crippen molar-refractivity contribution in [1.82, 2.24) is 10.3 Å². The van der Waals surface area contributed by atoms with Crippen LogP contribution in [0.1, 0.15) is 15.9 Å². The number of fused-ring (bicyclic) bond motifs is 1. The van der Waals surface area contributed by atoms with Crippen molar-refractivity contribution in [2.24, 2.45) is 0 Å². The Morgan fingerprint density at radius 2 is 1.96 bits per heavy atom. The van der Waals surface area contributed by atoms with Crippen LogP contribution in [-0.4, -0.2) is 30.0 Å². The molecular formula is C20H16N2O3S2. The Kier molecular flexibility index (Phi) is 6.47. The van der Waals surface area contributed by atoms with E-state index in [1.807, 2.05) is 30.3 Å². The standard InChI is InChI=1S/C20H16N2O3S2/c1-2-11-21-18(23)12-25-19(24)15-9-7-14(8-10-15)13-26-20-22-16-5-3-4-6-17(16)27-20/h1,3-10H,11-13H2,(H,21,23). The molecule has 0 spiro atoms. The van der Waals surface area contributed by atoms with Crippen molar-refractivity contribution < 1.29 is 14.3 Å². The lowest BCUT2D eigenvalue weighted by molar-refractivity contribution is -0.123. The molecule has 0 aliphatic heterocycles. The van der Waals surface area contributed by atoms with Crippen LogP contribution in [0.2, 0.25) is 0 Å². The molecule has 0 radical (unpaired) electrons. The van der Waals surface area contributed by atoms with E-state index in [9.17, 15) is 9.59 Å². The minimum atomic E-state index is -0.545. The predicted molar refractivity (Wildman–Crippen MR) is 108 cm³/mol. The number of terminal acetylenes is 1. The van der Waals surface area contributed by atoms with Gasteiger partial charge in [0.15, 0.2) is 10.9 Å². The molecular weight excluding hydrogens is 380 g/mol. The van der Waals surface area contributed by atoms with E-state index < -0.39 is 11.9 Å². The summed E-state index contributed by atoms with van der Waals surface area (Å²) in [6, 6.07) is 15.2. The first kappa shape index (κ1) is 19.0. The monoisotopic (exact) mass is 396 g/mol. The van der Waals surface area contributed by atoms with E-state index in [-0.39, 0.29) is 13.2 Å². The summed E-state index contributed by atoms with van der Waals surface area (Å²) in [5, 5.41) is 2.43. The van der Waals surface area contributed by atoms with Crippen LogP contribution in [0.3, 0.4) is 0 Å². The van der Waals surface area contributed by atoms with Crippen LogP contribution in [0.15, 0.2) is 52.9 Å². The van der Waals surface area contributed by atoms with Crippen molar-refractivity contribution in [2.75, 3.05) is 13.2 Å². The number of hydrogen-bond donors (Lipinski definition) is 1. The number of nitrogens with zero attached hydrogens (tertiary/aromatic N) is 1. The van der Waals surface area contributed by atoms with Gasteiger partial charge in [-0.3, -0.25) is 4.79 Å². The van der Waals surface area contributed by atoms with Crippen LogP contribution in [0.4, 0.5) is 0 Å². The summed E-state index contributed by atoms with van der Waals surface area (Å²) in [5.74, 6) is 2.06. The Bertz CT molecular complexity index is 957. The van der Waals surface area contributed by atoms with Gasteiger partial charge in [0.25, 0.3) is 5.91 Å². The zero-order chi connectivity index (χ0) is 19.1. The third-order valence-corrected chi connectivity index (χ3v) is 5.80. The van der Waals surface area contributed by atoms with Gasteiger partial charge in [0.1, 0.15) is 0 Å². The van der Waals surface area contributed by atoms with E-state index in [4.69, 9.17) is 11.2 Å². The second-order valence-corrected chi connectivity index (χ2v) is 7.74. The van der Waals surface area contributed by atoms with Crippen molar-refractivity contribution in [1.29, 1.82) is 0 Å². The number of aromatic nitrogens is 1. The number of thioether (sulfide) groups is 1. The Hall–Kier alpha value is -2.82. The summed E-state index contributed by atoms with van der Waals surface area (Å²) in [5.41, 5.74) is 2.48. The lowest BCUT2D eigenvalue weighted by atomic mass is 10.1. The molecule has 0 aliphatic carbocycles. The number of rotatable bonds is 7. The second-order valence-electron chi connectivity index (χ2n) is 5.49. The Labute approximate surface area is 165 Å². The zero-order valence-electron chi connectivity index (χ0n) is 14.3. The topological polar surface area (TPSA) is 68.3 Å². The summed E-state index contributed by atoms with van der Waals surface area (Å²) >= 11 is 3.32. The average molecular weight is 396 g/mol. The zero-order valence-corrected chi connectivity index (χ0v) is 15.9. The third kappa shape index (κ3) is 5.33. The molecule has 0 fully saturated rings. The van der Waals surface area contributed by atoms with Crippen molar-refractivity contribution in [3.63, 3.8) is 0 Å². The van der Waals surface area contributed by atoms with Gasteiger partial charge in [0.2, 0.25) is 0 Å². The second kappa shape index (κ2) is 9.21. The van der Waals surface area contributed by atoms with Crippen LogP contribution < -0.4 is 5.32 Å². The summed E-state index contributed by atoms with van der Waals surface area (Å²) in [6.45, 7) is -0.243. The number of benzene rings is 2. The molecule has 1 heterocycles. The maximum Gasteiger partial charge on any atom is 0.338 e. The fourth-order valence-corrected chi connectivity index (χ4v) is 4.23. The fraction of sp³-hybridized carbons (Fsp3) is 0.150. The van der Waals surface area contributed by atoms with Crippen LogP contribution in [0.5, 0.6) is 0 Å². The van der Waals surface area contributed by atoms with Gasteiger partial charge in [-0.2, -0.15) is 0 Å². The maximum atomic E-state index is 12.0. The number of amides is 1. The summed E-state index contributed by atoms with van der Waals surface area (Å²) in [4.78, 5) is 27.9. The molecule has 7 heteroatoms. The summed E-state index contributed by atoms with van der Waals surface area (Å²) in [6.07, 6.45) is 5.04. The lowest BCUT2D eigenvalue weighted by Crippen LogP contribution is -2.28. The van der Waals surface area contributed by atoms with Crippen molar-refractivity contribution in [3.05, 3.63) is 59.7 Å². The number of thiazole rings is 1. The molecule has 0 saturated heterocycles. The van der Waals surface area contributed by atoms with Crippen molar-refractivity contribution in [2.45, 2.75) is 10.1 Å². The Balaban J connectivity index is 1.51. The van der Waals surface area contributed by atoms with Gasteiger partial charge in [-0.1, -0.05) is 41.9 Å². The number of hydrogen-bond acceptors (Lipinski definition) is 6. The van der Waals surface area contributed by atoms with E-state index in [0.29, 0.717) is 5.56 Å². The smallest absolute Gasteiger partial charge is 0.338 e. The third-order valence-electron chi connectivity index (χ3n) is 3.55. The lowest BCUT2D eigenvalue weighted by Gasteiger charge is -2.05. The van der Waals surface area contributed by atoms with Crippen LogP contribution in [-0.2, 0) is 15.3 Å². The van der Waals surface area contributed by atoms with Crippen LogP contribution in [0.25, 0.3) is 10.2 Å². The first-order valence-corrected chi connectivity index (χ1v) is 9.90. The number of nitrogens with one attached hydrogen (secondary N) is 1. The molecule has 1 N–H and O–H groups in total. The molecule has 0 unspecified atom stereocenters. The Morgan fingerprint density at radius 3 is 2.70 bits per heavy atom. The predicted octanol–water partition coefficient (Wildman–Crippen LogP) is 3.49. The van der Waals surface area contributed by atoms with E-state index in [1.54, 1.807) is 35.2 Å². The quantitative estimate of drug-likeness (QED) is 0.376. The normalized spacial score (nSPS) is 10.3. The van der Waals surface area contributed by atoms with Gasteiger partial charge in [0, 0.05) is 5.75 Å². The molecule has 5 nitrogen and oxygen atoms in total. The highest BCUT2D eigenvalue weighted by atomic mass is 32.2. The molecule has 0 aliphatic rings. The highest BCUT2D eigenvalue weighted by Crippen LogP contribution is 2.31. The van der Waals surface area contributed by atoms with Gasteiger partial charge < -0.3 is 10.1 Å². The number of esters is 1. The number of carbonyl (C=O) groups is 2. The van der Waals surface area contributed by atoms with Gasteiger partial charge in [-0.25, -0.2) is 9.78 Å². The van der Waals surface area contributed by atoms with Gasteiger partial charge in [-0.15, -0.1) is 17.8 Å². The molecule has 1 aromatic heterocycles. The molecule has 2 aromatic carbocycles. The van der Waals surface area contributed by atoms with Gasteiger partial charge >= 0.3 is 5.97 Å². The van der Waals surface area contributed by atoms with E-state index in [2.05, 4.69) is 22.3 Å². The van der Waals surface area contributed by atoms with E-state index in [0.717, 1.165) is 21.2 Å². The molecule has 3 aromatic rings.